The largest absolute Gasteiger partial charge is 0.336 e. The third kappa shape index (κ3) is 5.04. The highest BCUT2D eigenvalue weighted by Crippen LogP contribution is 2.08. The molecule has 1 heterocycles. The van der Waals surface area contributed by atoms with Gasteiger partial charge in [-0.2, -0.15) is 0 Å². The second kappa shape index (κ2) is 8.64. The summed E-state index contributed by atoms with van der Waals surface area (Å²) in [7, 11) is 0. The summed E-state index contributed by atoms with van der Waals surface area (Å²) in [4.78, 5) is 33.1. The van der Waals surface area contributed by atoms with Gasteiger partial charge in [0.1, 0.15) is 5.82 Å². The molecule has 23 heavy (non-hydrogen) atoms. The summed E-state index contributed by atoms with van der Waals surface area (Å²) in [5, 5.41) is 0.553. The summed E-state index contributed by atoms with van der Waals surface area (Å²) in [6.07, 6.45) is 1.06. The van der Waals surface area contributed by atoms with Crippen LogP contribution in [0.5, 0.6) is 0 Å². The third-order valence-electron chi connectivity index (χ3n) is 3.55. The molecule has 0 spiro atoms. The Morgan fingerprint density at radius 2 is 2.09 bits per heavy atom. The van der Waals surface area contributed by atoms with Crippen molar-refractivity contribution < 1.29 is 4.79 Å². The monoisotopic (exact) mass is 338 g/mol. The van der Waals surface area contributed by atoms with Gasteiger partial charge in [0.25, 0.3) is 5.56 Å². The SMILES string of the molecule is CCN(Cc1nc2ccccc2c(=O)[nH]1)C(=O)CCC(C)N.Cl. The van der Waals surface area contributed by atoms with Crippen LogP contribution in [0.3, 0.4) is 0 Å². The number of benzene rings is 1. The number of aromatic amines is 1. The summed E-state index contributed by atoms with van der Waals surface area (Å²) in [6, 6.07) is 7.17. The highest BCUT2D eigenvalue weighted by Gasteiger charge is 2.14. The Morgan fingerprint density at radius 1 is 1.39 bits per heavy atom. The number of fused-ring (bicyclic) bond motifs is 1. The van der Waals surface area contributed by atoms with Gasteiger partial charge in [-0.15, -0.1) is 12.4 Å². The Labute approximate surface area is 141 Å². The lowest BCUT2D eigenvalue weighted by Gasteiger charge is -2.20. The van der Waals surface area contributed by atoms with Gasteiger partial charge in [-0.05, 0) is 32.4 Å². The smallest absolute Gasteiger partial charge is 0.258 e. The molecule has 1 unspecified atom stereocenters. The minimum absolute atomic E-state index is 0. The van der Waals surface area contributed by atoms with Crippen LogP contribution in [0, 0.1) is 0 Å². The Hall–Kier alpha value is -1.92. The van der Waals surface area contributed by atoms with Crippen LogP contribution >= 0.6 is 12.4 Å². The minimum Gasteiger partial charge on any atom is -0.336 e. The van der Waals surface area contributed by atoms with E-state index in [0.29, 0.717) is 42.7 Å². The fourth-order valence-corrected chi connectivity index (χ4v) is 2.28. The molecule has 0 fully saturated rings. The zero-order valence-electron chi connectivity index (χ0n) is 13.4. The van der Waals surface area contributed by atoms with Gasteiger partial charge in [0.2, 0.25) is 5.91 Å². The fraction of sp³-hybridized carbons (Fsp3) is 0.438. The highest BCUT2D eigenvalue weighted by molar-refractivity contribution is 5.85. The molecule has 2 aromatic rings. The number of aromatic nitrogens is 2. The van der Waals surface area contributed by atoms with Crippen molar-refractivity contribution in [3.63, 3.8) is 0 Å². The topological polar surface area (TPSA) is 92.1 Å². The quantitative estimate of drug-likeness (QED) is 0.840. The van der Waals surface area contributed by atoms with Crippen LogP contribution < -0.4 is 11.3 Å². The summed E-state index contributed by atoms with van der Waals surface area (Å²) in [5.41, 5.74) is 6.14. The van der Waals surface area contributed by atoms with E-state index in [1.807, 2.05) is 19.9 Å². The van der Waals surface area contributed by atoms with Crippen LogP contribution in [0.2, 0.25) is 0 Å². The Kier molecular flexibility index (Phi) is 7.19. The number of carbonyl (C=O) groups is 1. The van der Waals surface area contributed by atoms with Crippen LogP contribution in [0.4, 0.5) is 0 Å². The first-order valence-corrected chi connectivity index (χ1v) is 7.52. The maximum absolute atomic E-state index is 12.2. The molecule has 3 N–H and O–H groups in total. The van der Waals surface area contributed by atoms with Crippen molar-refractivity contribution in [2.24, 2.45) is 5.73 Å². The van der Waals surface area contributed by atoms with Crippen molar-refractivity contribution in [1.29, 1.82) is 0 Å². The molecule has 0 radical (unpaired) electrons. The molecule has 0 aliphatic heterocycles. The molecule has 0 aliphatic carbocycles. The highest BCUT2D eigenvalue weighted by atomic mass is 35.5. The third-order valence-corrected chi connectivity index (χ3v) is 3.55. The standard InChI is InChI=1S/C16H22N4O2.ClH/c1-3-20(15(21)9-8-11(2)17)10-14-18-13-7-5-4-6-12(13)16(22)19-14;/h4-7,11H,3,8-10,17H2,1-2H3,(H,18,19,22);1H. The zero-order chi connectivity index (χ0) is 16.1. The number of halogens is 1. The molecule has 0 bridgehead atoms. The van der Waals surface area contributed by atoms with Gasteiger partial charge in [-0.3, -0.25) is 9.59 Å². The van der Waals surface area contributed by atoms with Crippen molar-refractivity contribution in [2.75, 3.05) is 6.54 Å². The molecule has 7 heteroatoms. The van der Waals surface area contributed by atoms with Crippen molar-refractivity contribution in [2.45, 2.75) is 39.3 Å². The molecule has 1 atom stereocenters. The van der Waals surface area contributed by atoms with Crippen LogP contribution in [-0.4, -0.2) is 33.4 Å². The molecule has 0 saturated carbocycles. The number of H-pyrrole nitrogens is 1. The van der Waals surface area contributed by atoms with Crippen LogP contribution in [-0.2, 0) is 11.3 Å². The molecule has 1 aromatic heterocycles. The lowest BCUT2D eigenvalue weighted by atomic mass is 10.2. The average Bonchev–Trinajstić information content (AvgIpc) is 2.50. The second-order valence-corrected chi connectivity index (χ2v) is 5.45. The predicted octanol–water partition coefficient (Wildman–Crippen LogP) is 1.82. The van der Waals surface area contributed by atoms with Gasteiger partial charge in [0.15, 0.2) is 0 Å². The first-order chi connectivity index (χ1) is 10.5. The minimum atomic E-state index is -0.181. The lowest BCUT2D eigenvalue weighted by Crippen LogP contribution is -2.32. The zero-order valence-corrected chi connectivity index (χ0v) is 14.2. The number of hydrogen-bond acceptors (Lipinski definition) is 4. The molecule has 1 aromatic carbocycles. The van der Waals surface area contributed by atoms with Gasteiger partial charge in [0.05, 0.1) is 17.4 Å². The average molecular weight is 339 g/mol. The molecule has 0 aliphatic rings. The number of nitrogens with one attached hydrogen (secondary N) is 1. The Balaban J connectivity index is 0.00000264. The summed E-state index contributed by atoms with van der Waals surface area (Å²) in [6.45, 7) is 4.65. The van der Waals surface area contributed by atoms with Crippen LogP contribution in [0.15, 0.2) is 29.1 Å². The van der Waals surface area contributed by atoms with Gasteiger partial charge in [0, 0.05) is 19.0 Å². The number of para-hydroxylation sites is 1. The van der Waals surface area contributed by atoms with E-state index in [1.165, 1.54) is 0 Å². The van der Waals surface area contributed by atoms with Gasteiger partial charge in [-0.25, -0.2) is 4.98 Å². The maximum Gasteiger partial charge on any atom is 0.258 e. The number of carbonyl (C=O) groups excluding carboxylic acids is 1. The van der Waals surface area contributed by atoms with Crippen molar-refractivity contribution in [3.8, 4) is 0 Å². The van der Waals surface area contributed by atoms with Crippen molar-refractivity contribution in [3.05, 3.63) is 40.4 Å². The lowest BCUT2D eigenvalue weighted by molar-refractivity contribution is -0.131. The fourth-order valence-electron chi connectivity index (χ4n) is 2.28. The molecule has 1 amide bonds. The summed E-state index contributed by atoms with van der Waals surface area (Å²) >= 11 is 0. The summed E-state index contributed by atoms with van der Waals surface area (Å²) < 4.78 is 0. The number of rotatable bonds is 6. The van der Waals surface area contributed by atoms with E-state index in [4.69, 9.17) is 5.73 Å². The predicted molar refractivity (Wildman–Crippen MR) is 93.6 cm³/mol. The summed E-state index contributed by atoms with van der Waals surface area (Å²) in [5.74, 6) is 0.523. The molecular weight excluding hydrogens is 316 g/mol. The van der Waals surface area contributed by atoms with E-state index in [1.54, 1.807) is 23.1 Å². The van der Waals surface area contributed by atoms with E-state index in [9.17, 15) is 9.59 Å². The van der Waals surface area contributed by atoms with E-state index in [2.05, 4.69) is 9.97 Å². The van der Waals surface area contributed by atoms with E-state index in [0.717, 1.165) is 0 Å². The normalized spacial score (nSPS) is 11.8. The molecule has 6 nitrogen and oxygen atoms in total. The van der Waals surface area contributed by atoms with E-state index < -0.39 is 0 Å². The molecule has 0 saturated heterocycles. The van der Waals surface area contributed by atoms with Gasteiger partial charge in [-0.1, -0.05) is 12.1 Å². The second-order valence-electron chi connectivity index (χ2n) is 5.45. The van der Waals surface area contributed by atoms with Crippen LogP contribution in [0.1, 0.15) is 32.5 Å². The number of hydrogen-bond donors (Lipinski definition) is 2. The first kappa shape index (κ1) is 19.1. The molecule has 126 valence electrons. The van der Waals surface area contributed by atoms with Crippen LogP contribution in [0.25, 0.3) is 10.9 Å². The van der Waals surface area contributed by atoms with Gasteiger partial charge < -0.3 is 15.6 Å². The van der Waals surface area contributed by atoms with Crippen molar-refractivity contribution in [1.82, 2.24) is 14.9 Å². The number of nitrogens with zero attached hydrogens (tertiary/aromatic N) is 2. The first-order valence-electron chi connectivity index (χ1n) is 7.52. The number of nitrogens with two attached hydrogens (primary N) is 1. The molecule has 2 rings (SSSR count). The van der Waals surface area contributed by atoms with E-state index >= 15 is 0 Å². The molecular formula is C16H23ClN4O2. The maximum atomic E-state index is 12.2. The van der Waals surface area contributed by atoms with Crippen molar-refractivity contribution >= 4 is 29.2 Å². The Morgan fingerprint density at radius 3 is 2.74 bits per heavy atom. The van der Waals surface area contributed by atoms with E-state index in [-0.39, 0.29) is 29.9 Å². The Bertz CT molecular complexity index is 715. The number of amides is 1. The van der Waals surface area contributed by atoms with Gasteiger partial charge >= 0.3 is 0 Å².